The number of anilines is 1. The van der Waals surface area contributed by atoms with Crippen molar-refractivity contribution in [1.29, 1.82) is 0 Å². The second-order valence-electron chi connectivity index (χ2n) is 3.99. The third-order valence-corrected chi connectivity index (χ3v) is 2.68. The number of nitrogens with one attached hydrogen (secondary N) is 2. The van der Waals surface area contributed by atoms with E-state index in [0.29, 0.717) is 42.2 Å². The van der Waals surface area contributed by atoms with Gasteiger partial charge < -0.3 is 16.4 Å². The van der Waals surface area contributed by atoms with E-state index in [2.05, 4.69) is 10.6 Å². The average molecular weight is 320 g/mol. The molecule has 7 heteroatoms. The van der Waals surface area contributed by atoms with Crippen molar-refractivity contribution in [3.05, 3.63) is 28.8 Å². The number of carbonyl (C=O) groups excluding carboxylic acids is 2. The van der Waals surface area contributed by atoms with Crippen LogP contribution < -0.4 is 16.4 Å². The van der Waals surface area contributed by atoms with Crippen molar-refractivity contribution in [1.82, 2.24) is 5.32 Å². The molecule has 0 unspecified atom stereocenters. The van der Waals surface area contributed by atoms with Gasteiger partial charge in [-0.25, -0.2) is 0 Å². The molecule has 5 nitrogen and oxygen atoms in total. The zero-order valence-corrected chi connectivity index (χ0v) is 12.8. The molecule has 0 aliphatic carbocycles. The molecule has 1 rings (SSSR count). The summed E-state index contributed by atoms with van der Waals surface area (Å²) in [6, 6.07) is 4.78. The molecule has 4 N–H and O–H groups in total. The van der Waals surface area contributed by atoms with Gasteiger partial charge in [-0.3, -0.25) is 9.59 Å². The first-order chi connectivity index (χ1) is 9.08. The minimum absolute atomic E-state index is 0. The third kappa shape index (κ3) is 5.77. The van der Waals surface area contributed by atoms with Crippen LogP contribution in [0.1, 0.15) is 30.1 Å². The largest absolute Gasteiger partial charge is 0.352 e. The molecule has 1 aromatic rings. The van der Waals surface area contributed by atoms with E-state index >= 15 is 0 Å². The van der Waals surface area contributed by atoms with Crippen LogP contribution in [-0.4, -0.2) is 24.9 Å². The van der Waals surface area contributed by atoms with Gasteiger partial charge in [0.15, 0.2) is 0 Å². The number of rotatable bonds is 6. The van der Waals surface area contributed by atoms with Crippen LogP contribution in [0.4, 0.5) is 5.69 Å². The van der Waals surface area contributed by atoms with Gasteiger partial charge in [0.05, 0.1) is 11.3 Å². The molecule has 1 aromatic carbocycles. The molecule has 0 fully saturated rings. The predicted octanol–water partition coefficient (Wildman–Crippen LogP) is 2.19. The summed E-state index contributed by atoms with van der Waals surface area (Å²) in [5.41, 5.74) is 6.16. The molecule has 20 heavy (non-hydrogen) atoms. The molecule has 112 valence electrons. The SMILES string of the molecule is CCNC(=O)c1cc(Cl)ccc1NC(=O)CCCN.Cl. The average Bonchev–Trinajstić information content (AvgIpc) is 2.38. The Hall–Kier alpha value is -1.30. The highest BCUT2D eigenvalue weighted by atomic mass is 35.5. The summed E-state index contributed by atoms with van der Waals surface area (Å²) in [4.78, 5) is 23.5. The molecule has 0 radical (unpaired) electrons. The van der Waals surface area contributed by atoms with Gasteiger partial charge in [0.25, 0.3) is 5.91 Å². The van der Waals surface area contributed by atoms with Crippen molar-refractivity contribution in [2.24, 2.45) is 5.73 Å². The summed E-state index contributed by atoms with van der Waals surface area (Å²) >= 11 is 5.87. The van der Waals surface area contributed by atoms with E-state index < -0.39 is 0 Å². The molecule has 0 heterocycles. The van der Waals surface area contributed by atoms with E-state index in [1.54, 1.807) is 12.1 Å². The van der Waals surface area contributed by atoms with Crippen LogP contribution in [0.15, 0.2) is 18.2 Å². The highest BCUT2D eigenvalue weighted by molar-refractivity contribution is 6.31. The maximum absolute atomic E-state index is 11.9. The summed E-state index contributed by atoms with van der Waals surface area (Å²) in [5, 5.41) is 5.82. The van der Waals surface area contributed by atoms with E-state index in [1.165, 1.54) is 6.07 Å². The number of hydrogen-bond acceptors (Lipinski definition) is 3. The Kier molecular flexibility index (Phi) is 8.96. The number of hydrogen-bond donors (Lipinski definition) is 3. The van der Waals surface area contributed by atoms with Crippen LogP contribution in [0, 0.1) is 0 Å². The normalized spacial score (nSPS) is 9.55. The van der Waals surface area contributed by atoms with Crippen molar-refractivity contribution in [3.63, 3.8) is 0 Å². The fourth-order valence-corrected chi connectivity index (χ4v) is 1.72. The van der Waals surface area contributed by atoms with E-state index in [0.717, 1.165) is 0 Å². The van der Waals surface area contributed by atoms with Gasteiger partial charge in [-0.2, -0.15) is 0 Å². The fraction of sp³-hybridized carbons (Fsp3) is 0.385. The van der Waals surface area contributed by atoms with E-state index in [-0.39, 0.29) is 24.2 Å². The molecule has 0 aromatic heterocycles. The summed E-state index contributed by atoms with van der Waals surface area (Å²) < 4.78 is 0. The summed E-state index contributed by atoms with van der Waals surface area (Å²) in [6.45, 7) is 2.78. The van der Waals surface area contributed by atoms with Crippen molar-refractivity contribution < 1.29 is 9.59 Å². The Bertz CT molecular complexity index is 467. The van der Waals surface area contributed by atoms with Crippen molar-refractivity contribution in [2.45, 2.75) is 19.8 Å². The van der Waals surface area contributed by atoms with Crippen molar-refractivity contribution in [2.75, 3.05) is 18.4 Å². The van der Waals surface area contributed by atoms with Crippen molar-refractivity contribution >= 4 is 41.5 Å². The zero-order valence-electron chi connectivity index (χ0n) is 11.2. The lowest BCUT2D eigenvalue weighted by atomic mass is 10.1. The maximum Gasteiger partial charge on any atom is 0.253 e. The lowest BCUT2D eigenvalue weighted by Gasteiger charge is -2.11. The highest BCUT2D eigenvalue weighted by Gasteiger charge is 2.13. The van der Waals surface area contributed by atoms with E-state index in [1.807, 2.05) is 6.92 Å². The number of nitrogens with two attached hydrogens (primary N) is 1. The van der Waals surface area contributed by atoms with E-state index in [9.17, 15) is 9.59 Å². The van der Waals surface area contributed by atoms with E-state index in [4.69, 9.17) is 17.3 Å². The van der Waals surface area contributed by atoms with Gasteiger partial charge in [0.2, 0.25) is 5.91 Å². The topological polar surface area (TPSA) is 84.2 Å². The van der Waals surface area contributed by atoms with Crippen LogP contribution in [0.2, 0.25) is 5.02 Å². The van der Waals surface area contributed by atoms with Crippen LogP contribution in [0.25, 0.3) is 0 Å². The quantitative estimate of drug-likeness (QED) is 0.751. The van der Waals surface area contributed by atoms with Crippen molar-refractivity contribution in [3.8, 4) is 0 Å². The number of carbonyl (C=O) groups is 2. The molecule has 0 aliphatic heterocycles. The zero-order chi connectivity index (χ0) is 14.3. The highest BCUT2D eigenvalue weighted by Crippen LogP contribution is 2.21. The lowest BCUT2D eigenvalue weighted by molar-refractivity contribution is -0.116. The Morgan fingerprint density at radius 2 is 2.05 bits per heavy atom. The lowest BCUT2D eigenvalue weighted by Crippen LogP contribution is -2.25. The fourth-order valence-electron chi connectivity index (χ4n) is 1.54. The van der Waals surface area contributed by atoms with Crippen LogP contribution in [0.5, 0.6) is 0 Å². The first-order valence-electron chi connectivity index (χ1n) is 6.16. The number of benzene rings is 1. The second-order valence-corrected chi connectivity index (χ2v) is 4.43. The van der Waals surface area contributed by atoms with Crippen LogP contribution >= 0.6 is 24.0 Å². The smallest absolute Gasteiger partial charge is 0.253 e. The third-order valence-electron chi connectivity index (χ3n) is 2.45. The van der Waals surface area contributed by atoms with Gasteiger partial charge in [-0.15, -0.1) is 12.4 Å². The second kappa shape index (κ2) is 9.58. The van der Waals surface area contributed by atoms with Gasteiger partial charge in [0.1, 0.15) is 0 Å². The van der Waals surface area contributed by atoms with Gasteiger partial charge in [0, 0.05) is 18.0 Å². The van der Waals surface area contributed by atoms with Crippen LogP contribution in [-0.2, 0) is 4.79 Å². The Labute approximate surface area is 129 Å². The monoisotopic (exact) mass is 319 g/mol. The van der Waals surface area contributed by atoms with Gasteiger partial charge >= 0.3 is 0 Å². The standard InChI is InChI=1S/C13H18ClN3O2.ClH/c1-2-16-13(19)10-8-9(14)5-6-11(10)17-12(18)4-3-7-15;/h5-6,8H,2-4,7,15H2,1H3,(H,16,19)(H,17,18);1H. The summed E-state index contributed by atoms with van der Waals surface area (Å²) in [5.74, 6) is -0.433. The Morgan fingerprint density at radius 1 is 1.35 bits per heavy atom. The first kappa shape index (κ1) is 18.7. The number of halogens is 2. The molecule has 0 aliphatic rings. The number of amides is 2. The molecular weight excluding hydrogens is 301 g/mol. The Balaban J connectivity index is 0.00000361. The summed E-state index contributed by atoms with van der Waals surface area (Å²) in [6.07, 6.45) is 0.934. The molecular formula is C13H19Cl2N3O2. The first-order valence-corrected chi connectivity index (χ1v) is 6.54. The minimum atomic E-state index is -0.265. The summed E-state index contributed by atoms with van der Waals surface area (Å²) in [7, 11) is 0. The molecule has 0 bridgehead atoms. The van der Waals surface area contributed by atoms with Gasteiger partial charge in [-0.1, -0.05) is 11.6 Å². The maximum atomic E-state index is 11.9. The minimum Gasteiger partial charge on any atom is -0.352 e. The molecule has 0 saturated carbocycles. The molecule has 0 spiro atoms. The predicted molar refractivity (Wildman–Crippen MR) is 83.6 cm³/mol. The van der Waals surface area contributed by atoms with Gasteiger partial charge in [-0.05, 0) is 38.1 Å². The molecule has 0 atom stereocenters. The van der Waals surface area contributed by atoms with Crippen LogP contribution in [0.3, 0.4) is 0 Å². The molecule has 0 saturated heterocycles. The Morgan fingerprint density at radius 3 is 2.65 bits per heavy atom. The molecule has 2 amide bonds.